The zero-order chi connectivity index (χ0) is 16.4. The van der Waals surface area contributed by atoms with Gasteiger partial charge >= 0.3 is 0 Å². The lowest BCUT2D eigenvalue weighted by Crippen LogP contribution is -2.28. The van der Waals surface area contributed by atoms with Crippen LogP contribution in [0, 0.1) is 0 Å². The lowest BCUT2D eigenvalue weighted by molar-refractivity contribution is -0.144. The maximum Gasteiger partial charge on any atom is 0.180 e. The fourth-order valence-electron chi connectivity index (χ4n) is 3.30. The zero-order valence-corrected chi connectivity index (χ0v) is 13.9. The predicted molar refractivity (Wildman–Crippen MR) is 90.7 cm³/mol. The van der Waals surface area contributed by atoms with Crippen LogP contribution in [0.15, 0.2) is 24.4 Å². The molecule has 0 unspecified atom stereocenters. The van der Waals surface area contributed by atoms with E-state index in [0.29, 0.717) is 19.0 Å². The molecule has 126 valence electrons. The van der Waals surface area contributed by atoms with Crippen LogP contribution in [0.5, 0.6) is 0 Å². The van der Waals surface area contributed by atoms with Crippen LogP contribution in [0.2, 0.25) is 0 Å². The van der Waals surface area contributed by atoms with E-state index in [0.717, 1.165) is 49.4 Å². The minimum atomic E-state index is -0.479. The number of aryl methyl sites for hydroxylation is 1. The Bertz CT molecular complexity index is 714. The first-order valence-corrected chi connectivity index (χ1v) is 8.56. The van der Waals surface area contributed by atoms with Gasteiger partial charge in [-0.05, 0) is 38.3 Å². The standard InChI is InChI=1S/C18H22N4O2/c1-18(23-11-12-24-18)8-10-20-16-13-5-4-7-14(13)21-17(22-16)15-6-2-3-9-19-15/h2-3,6,9H,4-5,7-8,10-12H2,1H3,(H,20,21,22). The van der Waals surface area contributed by atoms with E-state index in [1.807, 2.05) is 25.1 Å². The first-order valence-electron chi connectivity index (χ1n) is 8.56. The third-order valence-electron chi connectivity index (χ3n) is 4.60. The molecule has 4 rings (SSSR count). The van der Waals surface area contributed by atoms with Gasteiger partial charge in [0.1, 0.15) is 11.5 Å². The van der Waals surface area contributed by atoms with Gasteiger partial charge in [0.2, 0.25) is 0 Å². The van der Waals surface area contributed by atoms with E-state index in [9.17, 15) is 0 Å². The highest BCUT2D eigenvalue weighted by Gasteiger charge is 2.30. The summed E-state index contributed by atoms with van der Waals surface area (Å²) in [6.07, 6.45) is 5.73. The zero-order valence-electron chi connectivity index (χ0n) is 13.9. The Balaban J connectivity index is 1.54. The molecule has 1 N–H and O–H groups in total. The van der Waals surface area contributed by atoms with Crippen LogP contribution in [0.25, 0.3) is 11.5 Å². The maximum atomic E-state index is 5.66. The number of nitrogens with one attached hydrogen (secondary N) is 1. The monoisotopic (exact) mass is 326 g/mol. The first kappa shape index (κ1) is 15.5. The molecule has 0 aromatic carbocycles. The molecule has 0 amide bonds. The van der Waals surface area contributed by atoms with Crippen molar-refractivity contribution in [3.8, 4) is 11.5 Å². The summed E-state index contributed by atoms with van der Waals surface area (Å²) in [6, 6.07) is 5.81. The number of aromatic nitrogens is 3. The van der Waals surface area contributed by atoms with Gasteiger partial charge in [-0.3, -0.25) is 4.98 Å². The summed E-state index contributed by atoms with van der Waals surface area (Å²) < 4.78 is 11.3. The van der Waals surface area contributed by atoms with Gasteiger partial charge in [0.15, 0.2) is 11.6 Å². The number of anilines is 1. The Morgan fingerprint density at radius 3 is 2.83 bits per heavy atom. The highest BCUT2D eigenvalue weighted by molar-refractivity contribution is 5.57. The molecule has 0 atom stereocenters. The van der Waals surface area contributed by atoms with Crippen LogP contribution >= 0.6 is 0 Å². The van der Waals surface area contributed by atoms with Gasteiger partial charge in [0.25, 0.3) is 0 Å². The highest BCUT2D eigenvalue weighted by Crippen LogP contribution is 2.29. The molecule has 2 aromatic heterocycles. The van der Waals surface area contributed by atoms with Crippen molar-refractivity contribution in [1.29, 1.82) is 0 Å². The van der Waals surface area contributed by atoms with E-state index < -0.39 is 5.79 Å². The molecule has 3 heterocycles. The molecule has 1 aliphatic carbocycles. The van der Waals surface area contributed by atoms with E-state index >= 15 is 0 Å². The van der Waals surface area contributed by atoms with E-state index in [2.05, 4.69) is 10.3 Å². The average Bonchev–Trinajstić information content (AvgIpc) is 3.25. The van der Waals surface area contributed by atoms with Gasteiger partial charge in [-0.2, -0.15) is 0 Å². The van der Waals surface area contributed by atoms with Crippen LogP contribution in [-0.2, 0) is 22.3 Å². The summed E-state index contributed by atoms with van der Waals surface area (Å²) in [4.78, 5) is 13.8. The molecular formula is C18H22N4O2. The topological polar surface area (TPSA) is 69.2 Å². The lowest BCUT2D eigenvalue weighted by atomic mass is 10.2. The van der Waals surface area contributed by atoms with Crippen LogP contribution < -0.4 is 5.32 Å². The summed E-state index contributed by atoms with van der Waals surface area (Å²) in [5.41, 5.74) is 3.20. The summed E-state index contributed by atoms with van der Waals surface area (Å²) in [6.45, 7) is 4.08. The van der Waals surface area contributed by atoms with Crippen LogP contribution in [0.3, 0.4) is 0 Å². The van der Waals surface area contributed by atoms with Gasteiger partial charge in [-0.25, -0.2) is 9.97 Å². The third-order valence-corrected chi connectivity index (χ3v) is 4.60. The Morgan fingerprint density at radius 1 is 1.17 bits per heavy atom. The van der Waals surface area contributed by atoms with Crippen LogP contribution in [0.4, 0.5) is 5.82 Å². The second kappa shape index (κ2) is 6.45. The SMILES string of the molecule is CC1(CCNc2nc(-c3ccccn3)nc3c2CCC3)OCCO1. The first-order chi connectivity index (χ1) is 11.7. The van der Waals surface area contributed by atoms with Gasteiger partial charge in [-0.1, -0.05) is 6.07 Å². The second-order valence-electron chi connectivity index (χ2n) is 6.40. The normalized spacial score (nSPS) is 18.5. The molecule has 6 nitrogen and oxygen atoms in total. The molecule has 0 saturated carbocycles. The van der Waals surface area contributed by atoms with Crippen molar-refractivity contribution in [2.75, 3.05) is 25.1 Å². The Hall–Kier alpha value is -2.05. The Morgan fingerprint density at radius 2 is 2.04 bits per heavy atom. The lowest BCUT2D eigenvalue weighted by Gasteiger charge is -2.22. The number of pyridine rings is 1. The Labute approximate surface area is 141 Å². The fourth-order valence-corrected chi connectivity index (χ4v) is 3.30. The van der Waals surface area contributed by atoms with Crippen molar-refractivity contribution in [3.05, 3.63) is 35.7 Å². The summed E-state index contributed by atoms with van der Waals surface area (Å²) in [5.74, 6) is 1.14. The van der Waals surface area contributed by atoms with Crippen LogP contribution in [0.1, 0.15) is 31.0 Å². The molecule has 6 heteroatoms. The number of ether oxygens (including phenoxy) is 2. The summed E-state index contributed by atoms with van der Waals surface area (Å²) >= 11 is 0. The highest BCUT2D eigenvalue weighted by atomic mass is 16.7. The van der Waals surface area contributed by atoms with Gasteiger partial charge < -0.3 is 14.8 Å². The molecule has 0 bridgehead atoms. The van der Waals surface area contributed by atoms with Crippen molar-refractivity contribution < 1.29 is 9.47 Å². The van der Waals surface area contributed by atoms with E-state index in [1.54, 1.807) is 6.20 Å². The molecule has 0 spiro atoms. The number of nitrogens with zero attached hydrogens (tertiary/aromatic N) is 3. The van der Waals surface area contributed by atoms with Crippen molar-refractivity contribution >= 4 is 5.82 Å². The molecule has 2 aliphatic rings. The van der Waals surface area contributed by atoms with E-state index in [4.69, 9.17) is 19.4 Å². The second-order valence-corrected chi connectivity index (χ2v) is 6.40. The summed E-state index contributed by atoms with van der Waals surface area (Å²) in [5, 5.41) is 3.47. The quantitative estimate of drug-likeness (QED) is 0.911. The van der Waals surface area contributed by atoms with Gasteiger partial charge in [0.05, 0.1) is 13.2 Å². The van der Waals surface area contributed by atoms with E-state index in [1.165, 1.54) is 5.56 Å². The predicted octanol–water partition coefficient (Wildman–Crippen LogP) is 2.59. The maximum absolute atomic E-state index is 5.66. The van der Waals surface area contributed by atoms with E-state index in [-0.39, 0.29) is 0 Å². The minimum absolute atomic E-state index is 0.479. The molecular weight excluding hydrogens is 304 g/mol. The molecule has 2 aromatic rings. The molecule has 1 fully saturated rings. The number of hydrogen-bond acceptors (Lipinski definition) is 6. The fraction of sp³-hybridized carbons (Fsp3) is 0.500. The van der Waals surface area contributed by atoms with Crippen molar-refractivity contribution in [3.63, 3.8) is 0 Å². The third kappa shape index (κ3) is 3.12. The molecule has 0 radical (unpaired) electrons. The summed E-state index contributed by atoms with van der Waals surface area (Å²) in [7, 11) is 0. The smallest absolute Gasteiger partial charge is 0.180 e. The number of rotatable bonds is 5. The molecule has 24 heavy (non-hydrogen) atoms. The minimum Gasteiger partial charge on any atom is -0.370 e. The van der Waals surface area contributed by atoms with Crippen molar-refractivity contribution in [1.82, 2.24) is 15.0 Å². The Kier molecular flexibility index (Phi) is 4.16. The number of hydrogen-bond donors (Lipinski definition) is 1. The molecule has 1 saturated heterocycles. The van der Waals surface area contributed by atoms with Crippen molar-refractivity contribution in [2.45, 2.75) is 38.4 Å². The van der Waals surface area contributed by atoms with Crippen molar-refractivity contribution in [2.24, 2.45) is 0 Å². The van der Waals surface area contributed by atoms with Gasteiger partial charge in [-0.15, -0.1) is 0 Å². The van der Waals surface area contributed by atoms with Gasteiger partial charge in [0, 0.05) is 30.4 Å². The molecule has 1 aliphatic heterocycles. The average molecular weight is 326 g/mol. The largest absolute Gasteiger partial charge is 0.370 e. The van der Waals surface area contributed by atoms with Crippen LogP contribution in [-0.4, -0.2) is 40.5 Å². The number of fused-ring (bicyclic) bond motifs is 1.